The van der Waals surface area contributed by atoms with Crippen LogP contribution in [0.25, 0.3) is 0 Å². The first-order valence-electron chi connectivity index (χ1n) is 12.6. The lowest BCUT2D eigenvalue weighted by atomic mass is 9.74. The number of ether oxygens (including phenoxy) is 3. The van der Waals surface area contributed by atoms with Crippen LogP contribution in [-0.2, 0) is 19.6 Å². The summed E-state index contributed by atoms with van der Waals surface area (Å²) >= 11 is 0. The Hall–Kier alpha value is -1.94. The van der Waals surface area contributed by atoms with E-state index in [4.69, 9.17) is 14.2 Å². The molecular weight excluding hydrogens is 441 g/mol. The predicted octanol–water partition coefficient (Wildman–Crippen LogP) is 2.68. The van der Waals surface area contributed by atoms with Crippen molar-refractivity contribution in [3.63, 3.8) is 0 Å². The number of fused-ring (bicyclic) bond motifs is 2. The number of hydrogen-bond acceptors (Lipinski definition) is 7. The third-order valence-corrected chi connectivity index (χ3v) is 8.04. The maximum atomic E-state index is 14.3. The van der Waals surface area contributed by atoms with Crippen LogP contribution in [0.5, 0.6) is 0 Å². The molecule has 8 nitrogen and oxygen atoms in total. The minimum Gasteiger partial charge on any atom is -0.450 e. The van der Waals surface area contributed by atoms with E-state index in [1.54, 1.807) is 17.0 Å². The molecule has 1 aromatic carbocycles. The molecule has 5 rings (SSSR count). The molecule has 1 amide bonds. The van der Waals surface area contributed by atoms with Crippen LogP contribution in [0.15, 0.2) is 18.2 Å². The summed E-state index contributed by atoms with van der Waals surface area (Å²) in [6.07, 6.45) is 3.06. The summed E-state index contributed by atoms with van der Waals surface area (Å²) in [7, 11) is 0. The molecule has 1 spiro atoms. The molecule has 4 aliphatic rings. The van der Waals surface area contributed by atoms with Crippen LogP contribution in [-0.4, -0.2) is 92.1 Å². The smallest absolute Gasteiger partial charge is 0.409 e. The molecule has 4 aliphatic heterocycles. The number of carbonyl (C=O) groups is 1. The van der Waals surface area contributed by atoms with Crippen LogP contribution in [0.2, 0.25) is 0 Å². The number of anilines is 1. The Balaban J connectivity index is 1.23. The highest BCUT2D eigenvalue weighted by atomic mass is 19.1. The topological polar surface area (TPSA) is 74.7 Å². The number of hydrogen-bond donors (Lipinski definition) is 1. The van der Waals surface area contributed by atoms with Gasteiger partial charge in [0.25, 0.3) is 0 Å². The SMILES string of the molecule is CCOC(=O)N1CCC(N2CCC3(CC2)CN(C(O)O[C@H]2CCOC2)c2ccc(F)cc23)CC1. The average Bonchev–Trinajstić information content (AvgIpc) is 3.46. The second kappa shape index (κ2) is 9.97. The standard InChI is InChI=1S/C25H36FN3O5/c1-2-33-23(30)28-10-5-19(6-11-28)27-12-8-25(9-13-27)17-29(22-4-3-18(26)15-21(22)25)24(31)34-20-7-14-32-16-20/h3-4,15,19-20,24,31H,2,5-14,16-17H2,1H3/t20-,24?/m0/s1. The van der Waals surface area contributed by atoms with Gasteiger partial charge < -0.3 is 34.0 Å². The second-order valence-corrected chi connectivity index (χ2v) is 9.97. The molecule has 0 aliphatic carbocycles. The van der Waals surface area contributed by atoms with Crippen LogP contribution in [0.4, 0.5) is 14.9 Å². The Labute approximate surface area is 200 Å². The van der Waals surface area contributed by atoms with Crippen LogP contribution in [0, 0.1) is 5.82 Å². The van der Waals surface area contributed by atoms with Gasteiger partial charge in [-0.15, -0.1) is 0 Å². The van der Waals surface area contributed by atoms with Crippen molar-refractivity contribution < 1.29 is 28.5 Å². The molecular formula is C25H36FN3O5. The molecule has 4 heterocycles. The first-order valence-corrected chi connectivity index (χ1v) is 12.6. The van der Waals surface area contributed by atoms with E-state index < -0.39 is 6.41 Å². The Morgan fingerprint density at radius 2 is 2.00 bits per heavy atom. The van der Waals surface area contributed by atoms with Crippen LogP contribution in [0.1, 0.15) is 44.6 Å². The highest BCUT2D eigenvalue weighted by Gasteiger charge is 2.47. The summed E-state index contributed by atoms with van der Waals surface area (Å²) in [5, 5.41) is 10.9. The molecule has 2 atom stereocenters. The third kappa shape index (κ3) is 4.63. The largest absolute Gasteiger partial charge is 0.450 e. The van der Waals surface area contributed by atoms with Gasteiger partial charge in [0, 0.05) is 43.4 Å². The number of likely N-dealkylation sites (tertiary alicyclic amines) is 2. The zero-order valence-corrected chi connectivity index (χ0v) is 20.0. The summed E-state index contributed by atoms with van der Waals surface area (Å²) in [4.78, 5) is 18.2. The number of piperidine rings is 2. The lowest BCUT2D eigenvalue weighted by Crippen LogP contribution is -2.53. The molecule has 0 saturated carbocycles. The van der Waals surface area contributed by atoms with Gasteiger partial charge in [-0.1, -0.05) is 0 Å². The van der Waals surface area contributed by atoms with Crippen molar-refractivity contribution in [2.24, 2.45) is 0 Å². The summed E-state index contributed by atoms with van der Waals surface area (Å²) in [6.45, 7) is 7.28. The van der Waals surface area contributed by atoms with Crippen molar-refractivity contribution in [2.45, 2.75) is 63.0 Å². The molecule has 0 bridgehead atoms. The summed E-state index contributed by atoms with van der Waals surface area (Å²) in [5.41, 5.74) is 1.65. The molecule has 1 N–H and O–H groups in total. The van der Waals surface area contributed by atoms with Crippen LogP contribution in [0.3, 0.4) is 0 Å². The quantitative estimate of drug-likeness (QED) is 0.654. The monoisotopic (exact) mass is 477 g/mol. The van der Waals surface area contributed by atoms with E-state index in [-0.39, 0.29) is 23.4 Å². The Morgan fingerprint density at radius 1 is 1.24 bits per heavy atom. The van der Waals surface area contributed by atoms with Crippen molar-refractivity contribution in [3.8, 4) is 0 Å². The fourth-order valence-corrected chi connectivity index (χ4v) is 6.12. The number of aliphatic hydroxyl groups excluding tert-OH is 1. The number of amides is 1. The highest BCUT2D eigenvalue weighted by molar-refractivity contribution is 5.67. The maximum Gasteiger partial charge on any atom is 0.409 e. The minimum atomic E-state index is -1.07. The van der Waals surface area contributed by atoms with Crippen molar-refractivity contribution >= 4 is 11.8 Å². The van der Waals surface area contributed by atoms with E-state index in [2.05, 4.69) is 4.90 Å². The van der Waals surface area contributed by atoms with Crippen LogP contribution < -0.4 is 4.90 Å². The van der Waals surface area contributed by atoms with E-state index in [1.807, 2.05) is 11.8 Å². The van der Waals surface area contributed by atoms with Gasteiger partial charge in [-0.3, -0.25) is 0 Å². The molecule has 0 radical (unpaired) electrons. The summed E-state index contributed by atoms with van der Waals surface area (Å²) in [5.74, 6) is -0.242. The predicted molar refractivity (Wildman–Crippen MR) is 124 cm³/mol. The van der Waals surface area contributed by atoms with E-state index >= 15 is 0 Å². The van der Waals surface area contributed by atoms with Gasteiger partial charge in [0.15, 0.2) is 0 Å². The number of nitrogens with zero attached hydrogens (tertiary/aromatic N) is 3. The van der Waals surface area contributed by atoms with Crippen molar-refractivity contribution in [1.82, 2.24) is 9.80 Å². The zero-order chi connectivity index (χ0) is 23.7. The number of carbonyl (C=O) groups excluding carboxylic acids is 1. The highest BCUT2D eigenvalue weighted by Crippen LogP contribution is 2.48. The molecule has 3 fully saturated rings. The van der Waals surface area contributed by atoms with Crippen LogP contribution >= 0.6 is 0 Å². The van der Waals surface area contributed by atoms with Gasteiger partial charge >= 0.3 is 6.09 Å². The van der Waals surface area contributed by atoms with E-state index in [9.17, 15) is 14.3 Å². The normalized spacial score (nSPS) is 26.1. The number of aliphatic hydroxyl groups is 1. The average molecular weight is 478 g/mol. The maximum absolute atomic E-state index is 14.3. The molecule has 34 heavy (non-hydrogen) atoms. The van der Waals surface area contributed by atoms with E-state index in [1.165, 1.54) is 6.07 Å². The molecule has 0 aromatic heterocycles. The van der Waals surface area contributed by atoms with Crippen molar-refractivity contribution in [2.75, 3.05) is 57.4 Å². The number of benzene rings is 1. The summed E-state index contributed by atoms with van der Waals surface area (Å²) < 4.78 is 30.7. The van der Waals surface area contributed by atoms with Gasteiger partial charge in [0.2, 0.25) is 6.41 Å². The second-order valence-electron chi connectivity index (χ2n) is 9.97. The Morgan fingerprint density at radius 3 is 2.68 bits per heavy atom. The lowest BCUT2D eigenvalue weighted by Gasteiger charge is -2.45. The van der Waals surface area contributed by atoms with Gasteiger partial charge in [0.05, 0.1) is 19.3 Å². The Bertz CT molecular complexity index is 864. The summed E-state index contributed by atoms with van der Waals surface area (Å²) in [6, 6.07) is 5.33. The van der Waals surface area contributed by atoms with Crippen molar-refractivity contribution in [1.29, 1.82) is 0 Å². The zero-order valence-electron chi connectivity index (χ0n) is 20.0. The lowest BCUT2D eigenvalue weighted by molar-refractivity contribution is -0.135. The molecule has 3 saturated heterocycles. The van der Waals surface area contributed by atoms with Crippen molar-refractivity contribution in [3.05, 3.63) is 29.6 Å². The van der Waals surface area contributed by atoms with E-state index in [0.717, 1.165) is 69.5 Å². The number of rotatable bonds is 5. The molecule has 1 aromatic rings. The van der Waals surface area contributed by atoms with Gasteiger partial charge in [-0.25, -0.2) is 9.18 Å². The van der Waals surface area contributed by atoms with Gasteiger partial charge in [0.1, 0.15) is 5.82 Å². The third-order valence-electron chi connectivity index (χ3n) is 8.04. The minimum absolute atomic E-state index is 0.113. The fraction of sp³-hybridized carbons (Fsp3) is 0.720. The first kappa shape index (κ1) is 23.8. The number of halogens is 1. The molecule has 9 heteroatoms. The van der Waals surface area contributed by atoms with Gasteiger partial charge in [-0.2, -0.15) is 0 Å². The molecule has 1 unspecified atom stereocenters. The Kier molecular flexibility index (Phi) is 6.97. The van der Waals surface area contributed by atoms with E-state index in [0.29, 0.717) is 32.4 Å². The first-order chi connectivity index (χ1) is 16.5. The van der Waals surface area contributed by atoms with Gasteiger partial charge in [-0.05, 0) is 75.9 Å². The molecule has 188 valence electrons. The fourth-order valence-electron chi connectivity index (χ4n) is 6.12.